The van der Waals surface area contributed by atoms with Gasteiger partial charge in [-0.25, -0.2) is 0 Å². The molecule has 2 aliphatic carbocycles. The molecule has 0 aromatic rings. The van der Waals surface area contributed by atoms with Crippen molar-refractivity contribution in [1.29, 1.82) is 0 Å². The first-order valence-corrected chi connectivity index (χ1v) is 7.16. The van der Waals surface area contributed by atoms with Crippen molar-refractivity contribution >= 4 is 0 Å². The molecule has 1 unspecified atom stereocenters. The molecule has 2 heteroatoms. The molecular formula is C14H28N2. The summed E-state index contributed by atoms with van der Waals surface area (Å²) < 4.78 is 0. The maximum atomic E-state index is 5.72. The van der Waals surface area contributed by atoms with E-state index in [-0.39, 0.29) is 0 Å². The number of hydrogen-bond donors (Lipinski definition) is 2. The Morgan fingerprint density at radius 1 is 1.00 bits per heavy atom. The van der Waals surface area contributed by atoms with Gasteiger partial charge in [-0.05, 0) is 55.8 Å². The van der Waals surface area contributed by atoms with E-state index in [1.807, 2.05) is 0 Å². The van der Waals surface area contributed by atoms with Crippen LogP contribution in [0.1, 0.15) is 58.8 Å². The molecule has 0 bridgehead atoms. The van der Waals surface area contributed by atoms with E-state index in [0.717, 1.165) is 23.7 Å². The molecule has 0 heterocycles. The minimum Gasteiger partial charge on any atom is -0.271 e. The summed E-state index contributed by atoms with van der Waals surface area (Å²) in [5.41, 5.74) is 3.09. The highest BCUT2D eigenvalue weighted by Crippen LogP contribution is 2.39. The number of hydrogen-bond acceptors (Lipinski definition) is 2. The fraction of sp³-hybridized carbons (Fsp3) is 1.00. The average Bonchev–Trinajstić information content (AvgIpc) is 3.10. The smallest absolute Gasteiger partial charge is 0.0241 e. The molecule has 2 saturated carbocycles. The van der Waals surface area contributed by atoms with Crippen LogP contribution in [0.5, 0.6) is 0 Å². The molecule has 2 rings (SSSR count). The topological polar surface area (TPSA) is 38.0 Å². The molecule has 0 spiro atoms. The highest BCUT2D eigenvalue weighted by Gasteiger charge is 2.32. The van der Waals surface area contributed by atoms with Crippen molar-refractivity contribution in [1.82, 2.24) is 5.43 Å². The Morgan fingerprint density at radius 3 is 2.00 bits per heavy atom. The van der Waals surface area contributed by atoms with Crippen molar-refractivity contribution in [3.05, 3.63) is 0 Å². The molecule has 0 aromatic carbocycles. The second kappa shape index (κ2) is 5.50. The summed E-state index contributed by atoms with van der Waals surface area (Å²) in [7, 11) is 0. The third-order valence-electron chi connectivity index (χ3n) is 4.83. The molecule has 94 valence electrons. The van der Waals surface area contributed by atoms with Gasteiger partial charge in [0, 0.05) is 6.04 Å². The normalized spacial score (nSPS) is 33.0. The summed E-state index contributed by atoms with van der Waals surface area (Å²) in [5.74, 6) is 9.40. The van der Waals surface area contributed by atoms with Gasteiger partial charge in [-0.15, -0.1) is 0 Å². The van der Waals surface area contributed by atoms with Crippen LogP contribution >= 0.6 is 0 Å². The zero-order valence-electron chi connectivity index (χ0n) is 10.9. The van der Waals surface area contributed by atoms with Crippen molar-refractivity contribution in [2.45, 2.75) is 64.8 Å². The SMILES string of the molecule is CC(C)C1CCC(C(CC2CC2)NN)CC1. The van der Waals surface area contributed by atoms with Gasteiger partial charge >= 0.3 is 0 Å². The van der Waals surface area contributed by atoms with Gasteiger partial charge in [0.15, 0.2) is 0 Å². The molecule has 1 atom stereocenters. The van der Waals surface area contributed by atoms with Crippen LogP contribution in [0.25, 0.3) is 0 Å². The molecular weight excluding hydrogens is 196 g/mol. The highest BCUT2D eigenvalue weighted by molar-refractivity contribution is 4.86. The largest absolute Gasteiger partial charge is 0.271 e. The van der Waals surface area contributed by atoms with Gasteiger partial charge < -0.3 is 0 Å². The van der Waals surface area contributed by atoms with Crippen LogP contribution in [-0.2, 0) is 0 Å². The summed E-state index contributed by atoms with van der Waals surface area (Å²) >= 11 is 0. The molecule has 3 N–H and O–H groups in total. The van der Waals surface area contributed by atoms with Gasteiger partial charge in [-0.1, -0.05) is 26.7 Å². The maximum absolute atomic E-state index is 5.72. The summed E-state index contributed by atoms with van der Waals surface area (Å²) in [4.78, 5) is 0. The summed E-state index contributed by atoms with van der Waals surface area (Å²) in [6.45, 7) is 4.74. The summed E-state index contributed by atoms with van der Waals surface area (Å²) in [5, 5.41) is 0. The summed E-state index contributed by atoms with van der Waals surface area (Å²) in [6.07, 6.45) is 9.85. The van der Waals surface area contributed by atoms with E-state index in [2.05, 4.69) is 19.3 Å². The Hall–Kier alpha value is -0.0800. The lowest BCUT2D eigenvalue weighted by Gasteiger charge is -2.35. The van der Waals surface area contributed by atoms with E-state index < -0.39 is 0 Å². The first-order chi connectivity index (χ1) is 7.70. The van der Waals surface area contributed by atoms with Crippen LogP contribution in [-0.4, -0.2) is 6.04 Å². The molecule has 0 amide bonds. The lowest BCUT2D eigenvalue weighted by atomic mass is 9.74. The number of rotatable bonds is 5. The number of hydrazine groups is 1. The predicted molar refractivity (Wildman–Crippen MR) is 68.7 cm³/mol. The Morgan fingerprint density at radius 2 is 1.56 bits per heavy atom. The quantitative estimate of drug-likeness (QED) is 0.556. The average molecular weight is 224 g/mol. The van der Waals surface area contributed by atoms with Crippen molar-refractivity contribution in [2.24, 2.45) is 29.5 Å². The second-order valence-corrected chi connectivity index (χ2v) is 6.37. The van der Waals surface area contributed by atoms with Gasteiger partial charge in [0.2, 0.25) is 0 Å². The van der Waals surface area contributed by atoms with Crippen molar-refractivity contribution in [2.75, 3.05) is 0 Å². The van der Waals surface area contributed by atoms with Gasteiger partial charge in [-0.2, -0.15) is 0 Å². The standard InChI is InChI=1S/C14H28N2/c1-10(2)12-5-7-13(8-6-12)14(16-15)9-11-3-4-11/h10-14,16H,3-9,15H2,1-2H3. The third-order valence-corrected chi connectivity index (χ3v) is 4.83. The molecule has 0 radical (unpaired) electrons. The zero-order chi connectivity index (χ0) is 11.5. The van der Waals surface area contributed by atoms with Gasteiger partial charge in [0.25, 0.3) is 0 Å². The van der Waals surface area contributed by atoms with Gasteiger partial charge in [0.1, 0.15) is 0 Å². The zero-order valence-corrected chi connectivity index (χ0v) is 10.9. The first kappa shape index (κ1) is 12.4. The van der Waals surface area contributed by atoms with Crippen LogP contribution in [0.15, 0.2) is 0 Å². The van der Waals surface area contributed by atoms with Crippen LogP contribution in [0.3, 0.4) is 0 Å². The minimum absolute atomic E-state index is 0.598. The monoisotopic (exact) mass is 224 g/mol. The van der Waals surface area contributed by atoms with Crippen LogP contribution in [0.2, 0.25) is 0 Å². The molecule has 0 aliphatic heterocycles. The lowest BCUT2D eigenvalue weighted by molar-refractivity contribution is 0.181. The maximum Gasteiger partial charge on any atom is 0.0241 e. The van der Waals surface area contributed by atoms with Crippen molar-refractivity contribution in [3.63, 3.8) is 0 Å². The van der Waals surface area contributed by atoms with Crippen LogP contribution in [0, 0.1) is 23.7 Å². The highest BCUT2D eigenvalue weighted by atomic mass is 15.2. The Balaban J connectivity index is 1.77. The molecule has 0 aromatic heterocycles. The van der Waals surface area contributed by atoms with E-state index >= 15 is 0 Å². The van der Waals surface area contributed by atoms with E-state index in [0.29, 0.717) is 6.04 Å². The molecule has 2 aliphatic rings. The Bertz CT molecular complexity index is 203. The van der Waals surface area contributed by atoms with E-state index in [1.54, 1.807) is 0 Å². The molecule has 2 fully saturated rings. The molecule has 0 saturated heterocycles. The van der Waals surface area contributed by atoms with E-state index in [1.165, 1.54) is 44.9 Å². The molecule has 16 heavy (non-hydrogen) atoms. The molecule has 2 nitrogen and oxygen atoms in total. The van der Waals surface area contributed by atoms with Gasteiger partial charge in [-0.3, -0.25) is 11.3 Å². The number of nitrogens with one attached hydrogen (secondary N) is 1. The van der Waals surface area contributed by atoms with E-state index in [9.17, 15) is 0 Å². The predicted octanol–water partition coefficient (Wildman–Crippen LogP) is 3.08. The lowest BCUT2D eigenvalue weighted by Crippen LogP contribution is -2.42. The van der Waals surface area contributed by atoms with Crippen LogP contribution < -0.4 is 11.3 Å². The van der Waals surface area contributed by atoms with Crippen LogP contribution in [0.4, 0.5) is 0 Å². The minimum atomic E-state index is 0.598. The van der Waals surface area contributed by atoms with Crippen molar-refractivity contribution < 1.29 is 0 Å². The fourth-order valence-electron chi connectivity index (χ4n) is 3.32. The fourth-order valence-corrected chi connectivity index (χ4v) is 3.32. The Kier molecular flexibility index (Phi) is 4.26. The van der Waals surface area contributed by atoms with Gasteiger partial charge in [0.05, 0.1) is 0 Å². The number of nitrogens with two attached hydrogens (primary N) is 1. The Labute approximate surface area is 100 Å². The summed E-state index contributed by atoms with van der Waals surface area (Å²) in [6, 6.07) is 0.598. The first-order valence-electron chi connectivity index (χ1n) is 7.16. The van der Waals surface area contributed by atoms with Crippen molar-refractivity contribution in [3.8, 4) is 0 Å². The van der Waals surface area contributed by atoms with E-state index in [4.69, 9.17) is 5.84 Å². The third kappa shape index (κ3) is 3.21. The second-order valence-electron chi connectivity index (χ2n) is 6.37.